The van der Waals surface area contributed by atoms with E-state index in [0.717, 1.165) is 0 Å². The average molecular weight is 212 g/mol. The van der Waals surface area contributed by atoms with E-state index in [1.54, 1.807) is 11.9 Å². The number of nitrogens with zero attached hydrogens (tertiary/aromatic N) is 1. The van der Waals surface area contributed by atoms with Crippen LogP contribution in [0.25, 0.3) is 0 Å². The molecular formula is C14H16N2. The summed E-state index contributed by atoms with van der Waals surface area (Å²) in [5, 5.41) is 0. The minimum Gasteiger partial charge on any atom is -0.348 e. The quantitative estimate of drug-likeness (QED) is 0.772. The van der Waals surface area contributed by atoms with Crippen molar-refractivity contribution in [2.45, 2.75) is 32.1 Å². The van der Waals surface area contributed by atoms with E-state index in [-0.39, 0.29) is 0 Å². The van der Waals surface area contributed by atoms with Crippen LogP contribution in [0.15, 0.2) is 30.7 Å². The number of hydrogen-bond donors (Lipinski definition) is 1. The zero-order chi connectivity index (χ0) is 11.0. The summed E-state index contributed by atoms with van der Waals surface area (Å²) in [7, 11) is 0. The van der Waals surface area contributed by atoms with Crippen LogP contribution < -0.4 is 0 Å². The van der Waals surface area contributed by atoms with Gasteiger partial charge < -0.3 is 4.98 Å². The molecule has 0 unspecified atom stereocenters. The Morgan fingerprint density at radius 2 is 2.31 bits per heavy atom. The predicted molar refractivity (Wildman–Crippen MR) is 64.5 cm³/mol. The summed E-state index contributed by atoms with van der Waals surface area (Å²) in [6.07, 6.45) is 7.48. The van der Waals surface area contributed by atoms with Gasteiger partial charge in [0, 0.05) is 17.8 Å². The Bertz CT molecular complexity index is 485. The fraction of sp³-hybridized carbons (Fsp3) is 0.357. The van der Waals surface area contributed by atoms with Gasteiger partial charge in [0.25, 0.3) is 0 Å². The third-order valence-corrected chi connectivity index (χ3v) is 3.64. The normalized spacial score (nSPS) is 19.4. The molecule has 1 aliphatic carbocycles. The largest absolute Gasteiger partial charge is 0.348 e. The molecule has 0 saturated carbocycles. The lowest BCUT2D eigenvalue weighted by Crippen LogP contribution is -2.12. The van der Waals surface area contributed by atoms with E-state index in [1.807, 2.05) is 6.20 Å². The van der Waals surface area contributed by atoms with Gasteiger partial charge in [0.05, 0.1) is 6.33 Å². The highest BCUT2D eigenvalue weighted by Crippen LogP contribution is 2.36. The van der Waals surface area contributed by atoms with E-state index in [9.17, 15) is 0 Å². The second-order valence-electron chi connectivity index (χ2n) is 4.59. The number of aryl methyl sites for hydroxylation is 1. The first-order valence-electron chi connectivity index (χ1n) is 5.93. The lowest BCUT2D eigenvalue weighted by Gasteiger charge is -2.25. The fourth-order valence-corrected chi connectivity index (χ4v) is 2.81. The van der Waals surface area contributed by atoms with Crippen LogP contribution in [0.5, 0.6) is 0 Å². The van der Waals surface area contributed by atoms with Gasteiger partial charge in [0.1, 0.15) is 0 Å². The Balaban J connectivity index is 2.10. The summed E-state index contributed by atoms with van der Waals surface area (Å²) in [6, 6.07) is 6.66. The molecule has 2 nitrogen and oxygen atoms in total. The SMILES string of the molecule is Cc1cccc2c1CCC[C@@H]2c1cnc[nH]1. The van der Waals surface area contributed by atoms with E-state index >= 15 is 0 Å². The summed E-state index contributed by atoms with van der Waals surface area (Å²) in [5.74, 6) is 0.520. The molecule has 2 heteroatoms. The molecule has 0 saturated heterocycles. The highest BCUT2D eigenvalue weighted by Gasteiger charge is 2.23. The third-order valence-electron chi connectivity index (χ3n) is 3.64. The van der Waals surface area contributed by atoms with Gasteiger partial charge in [-0.05, 0) is 42.9 Å². The molecule has 3 rings (SSSR count). The fourth-order valence-electron chi connectivity index (χ4n) is 2.81. The first-order chi connectivity index (χ1) is 7.86. The van der Waals surface area contributed by atoms with Crippen molar-refractivity contribution in [1.29, 1.82) is 0 Å². The number of nitrogens with one attached hydrogen (secondary N) is 1. The summed E-state index contributed by atoms with van der Waals surface area (Å²) >= 11 is 0. The standard InChI is InChI=1S/C14H16N2/c1-10-4-2-6-12-11(10)5-3-7-13(12)14-8-15-9-16-14/h2,4,6,8-9,13H,3,5,7H2,1H3,(H,15,16)/t13-/m0/s1. The van der Waals surface area contributed by atoms with E-state index in [0.29, 0.717) is 5.92 Å². The van der Waals surface area contributed by atoms with E-state index in [4.69, 9.17) is 0 Å². The van der Waals surface area contributed by atoms with Crippen LogP contribution in [0.1, 0.15) is 41.1 Å². The molecule has 1 aliphatic rings. The van der Waals surface area contributed by atoms with E-state index in [2.05, 4.69) is 35.1 Å². The Kier molecular flexibility index (Phi) is 2.28. The van der Waals surface area contributed by atoms with Crippen LogP contribution in [-0.4, -0.2) is 9.97 Å². The molecule has 0 amide bonds. The van der Waals surface area contributed by atoms with Gasteiger partial charge in [-0.25, -0.2) is 4.98 Å². The second kappa shape index (κ2) is 3.78. The maximum atomic E-state index is 4.14. The maximum Gasteiger partial charge on any atom is 0.0921 e. The number of benzene rings is 1. The summed E-state index contributed by atoms with van der Waals surface area (Å²) in [6.45, 7) is 2.22. The highest BCUT2D eigenvalue weighted by atomic mass is 14.9. The van der Waals surface area contributed by atoms with E-state index < -0.39 is 0 Å². The molecule has 1 aromatic carbocycles. The van der Waals surface area contributed by atoms with Gasteiger partial charge in [-0.3, -0.25) is 0 Å². The molecule has 0 bridgehead atoms. The Hall–Kier alpha value is -1.57. The van der Waals surface area contributed by atoms with Crippen molar-refractivity contribution in [2.24, 2.45) is 0 Å². The first-order valence-corrected chi connectivity index (χ1v) is 5.93. The molecule has 1 atom stereocenters. The van der Waals surface area contributed by atoms with Crippen molar-refractivity contribution in [3.63, 3.8) is 0 Å². The van der Waals surface area contributed by atoms with Gasteiger partial charge in [-0.15, -0.1) is 0 Å². The van der Waals surface area contributed by atoms with Crippen LogP contribution >= 0.6 is 0 Å². The van der Waals surface area contributed by atoms with Crippen molar-refractivity contribution in [3.8, 4) is 0 Å². The Morgan fingerprint density at radius 3 is 3.12 bits per heavy atom. The molecule has 0 aliphatic heterocycles. The van der Waals surface area contributed by atoms with Crippen molar-refractivity contribution >= 4 is 0 Å². The smallest absolute Gasteiger partial charge is 0.0921 e. The topological polar surface area (TPSA) is 28.7 Å². The maximum absolute atomic E-state index is 4.14. The third kappa shape index (κ3) is 1.45. The van der Waals surface area contributed by atoms with Gasteiger partial charge in [-0.2, -0.15) is 0 Å². The van der Waals surface area contributed by atoms with Crippen LogP contribution in [0, 0.1) is 6.92 Å². The van der Waals surface area contributed by atoms with Crippen LogP contribution in [0.2, 0.25) is 0 Å². The second-order valence-corrected chi connectivity index (χ2v) is 4.59. The lowest BCUT2D eigenvalue weighted by atomic mass is 9.79. The molecule has 0 spiro atoms. The van der Waals surface area contributed by atoms with E-state index in [1.165, 1.54) is 36.1 Å². The lowest BCUT2D eigenvalue weighted by molar-refractivity contribution is 0.604. The van der Waals surface area contributed by atoms with Crippen molar-refractivity contribution < 1.29 is 0 Å². The minimum absolute atomic E-state index is 0.520. The van der Waals surface area contributed by atoms with Gasteiger partial charge in [0.15, 0.2) is 0 Å². The number of fused-ring (bicyclic) bond motifs is 1. The average Bonchev–Trinajstić information content (AvgIpc) is 2.82. The predicted octanol–water partition coefficient (Wildman–Crippen LogP) is 3.19. The number of hydrogen-bond acceptors (Lipinski definition) is 1. The van der Waals surface area contributed by atoms with Gasteiger partial charge in [0.2, 0.25) is 0 Å². The van der Waals surface area contributed by atoms with Crippen LogP contribution in [0.3, 0.4) is 0 Å². The molecule has 82 valence electrons. The number of imidazole rings is 1. The van der Waals surface area contributed by atoms with Gasteiger partial charge >= 0.3 is 0 Å². The monoisotopic (exact) mass is 212 g/mol. The Labute approximate surface area is 95.7 Å². The number of H-pyrrole nitrogens is 1. The number of rotatable bonds is 1. The first kappa shape index (κ1) is 9.64. The number of aromatic nitrogens is 2. The van der Waals surface area contributed by atoms with Crippen LogP contribution in [0.4, 0.5) is 0 Å². The van der Waals surface area contributed by atoms with Crippen molar-refractivity contribution in [2.75, 3.05) is 0 Å². The van der Waals surface area contributed by atoms with Crippen LogP contribution in [-0.2, 0) is 6.42 Å². The zero-order valence-electron chi connectivity index (χ0n) is 9.53. The molecule has 2 aromatic rings. The van der Waals surface area contributed by atoms with Gasteiger partial charge in [-0.1, -0.05) is 18.2 Å². The highest BCUT2D eigenvalue weighted by molar-refractivity contribution is 5.41. The summed E-state index contributed by atoms with van der Waals surface area (Å²) < 4.78 is 0. The summed E-state index contributed by atoms with van der Waals surface area (Å²) in [4.78, 5) is 7.39. The van der Waals surface area contributed by atoms with Crippen molar-refractivity contribution in [1.82, 2.24) is 9.97 Å². The summed E-state index contributed by atoms with van der Waals surface area (Å²) in [5.41, 5.74) is 5.73. The van der Waals surface area contributed by atoms with Crippen molar-refractivity contribution in [3.05, 3.63) is 53.1 Å². The molecule has 0 radical (unpaired) electrons. The molecule has 1 aromatic heterocycles. The molecule has 0 fully saturated rings. The minimum atomic E-state index is 0.520. The molecule has 1 N–H and O–H groups in total. The zero-order valence-corrected chi connectivity index (χ0v) is 9.53. The Morgan fingerprint density at radius 1 is 1.38 bits per heavy atom. The molecular weight excluding hydrogens is 196 g/mol. The molecule has 1 heterocycles. The number of aromatic amines is 1. The molecule has 16 heavy (non-hydrogen) atoms.